The van der Waals surface area contributed by atoms with E-state index in [1.807, 2.05) is 36.3 Å². The summed E-state index contributed by atoms with van der Waals surface area (Å²) < 4.78 is 12.5. The molecule has 0 saturated carbocycles. The maximum Gasteiger partial charge on any atom is 0.246 e. The van der Waals surface area contributed by atoms with E-state index < -0.39 is 0 Å². The van der Waals surface area contributed by atoms with Gasteiger partial charge in [0.2, 0.25) is 5.91 Å². The molecule has 1 amide bonds. The standard InChI is InChI=1S/C19H26N6O3/c1-20-19(21-10-14-6-5-7-16(27-3)18(14)28-4)24-8-9-25(17(26)13-24)15-11-22-23(2)12-15/h5-7,11-12H,8-10,13H2,1-4H3,(H,20,21). The first-order valence-corrected chi connectivity index (χ1v) is 9.01. The Bertz CT molecular complexity index is 863. The van der Waals surface area contributed by atoms with Crippen LogP contribution in [0.2, 0.25) is 0 Å². The van der Waals surface area contributed by atoms with Gasteiger partial charge in [-0.2, -0.15) is 5.10 Å². The zero-order valence-electron chi connectivity index (χ0n) is 16.7. The van der Waals surface area contributed by atoms with Crippen LogP contribution < -0.4 is 19.7 Å². The summed E-state index contributed by atoms with van der Waals surface area (Å²) >= 11 is 0. The summed E-state index contributed by atoms with van der Waals surface area (Å²) in [6.45, 7) is 2.01. The number of aryl methyl sites for hydroxylation is 1. The van der Waals surface area contributed by atoms with E-state index in [1.165, 1.54) is 0 Å². The van der Waals surface area contributed by atoms with Crippen LogP contribution in [0.25, 0.3) is 0 Å². The summed E-state index contributed by atoms with van der Waals surface area (Å²) in [6.07, 6.45) is 3.55. The van der Waals surface area contributed by atoms with Crippen LogP contribution in [-0.4, -0.2) is 67.4 Å². The number of aromatic nitrogens is 2. The Labute approximate surface area is 164 Å². The molecule has 1 aliphatic heterocycles. The van der Waals surface area contributed by atoms with Crippen molar-refractivity contribution in [3.8, 4) is 11.5 Å². The van der Waals surface area contributed by atoms with Crippen molar-refractivity contribution in [3.63, 3.8) is 0 Å². The fourth-order valence-corrected chi connectivity index (χ4v) is 3.27. The number of carbonyl (C=O) groups excluding carboxylic acids is 1. The van der Waals surface area contributed by atoms with E-state index >= 15 is 0 Å². The van der Waals surface area contributed by atoms with Gasteiger partial charge in [-0.05, 0) is 6.07 Å². The molecule has 1 aliphatic rings. The predicted octanol–water partition coefficient (Wildman–Crippen LogP) is 0.861. The zero-order valence-corrected chi connectivity index (χ0v) is 16.7. The van der Waals surface area contributed by atoms with Crippen LogP contribution >= 0.6 is 0 Å². The lowest BCUT2D eigenvalue weighted by molar-refractivity contribution is -0.120. The molecular weight excluding hydrogens is 360 g/mol. The Balaban J connectivity index is 1.65. The average Bonchev–Trinajstić information content (AvgIpc) is 3.14. The minimum Gasteiger partial charge on any atom is -0.493 e. The Hall–Kier alpha value is -3.23. The summed E-state index contributed by atoms with van der Waals surface area (Å²) in [5.41, 5.74) is 1.76. The number of piperazine rings is 1. The number of amides is 1. The molecule has 1 aromatic heterocycles. The molecule has 0 radical (unpaired) electrons. The Morgan fingerprint density at radius 2 is 2.11 bits per heavy atom. The van der Waals surface area contributed by atoms with E-state index in [0.29, 0.717) is 37.1 Å². The molecule has 1 N–H and O–H groups in total. The Kier molecular flexibility index (Phi) is 6.03. The number of anilines is 1. The van der Waals surface area contributed by atoms with Crippen molar-refractivity contribution in [2.45, 2.75) is 6.54 Å². The van der Waals surface area contributed by atoms with Gasteiger partial charge in [0.1, 0.15) is 6.54 Å². The van der Waals surface area contributed by atoms with Gasteiger partial charge < -0.3 is 24.6 Å². The molecule has 28 heavy (non-hydrogen) atoms. The highest BCUT2D eigenvalue weighted by molar-refractivity contribution is 5.98. The largest absolute Gasteiger partial charge is 0.493 e. The number of hydrogen-bond donors (Lipinski definition) is 1. The van der Waals surface area contributed by atoms with Gasteiger partial charge >= 0.3 is 0 Å². The van der Waals surface area contributed by atoms with Crippen LogP contribution in [0.1, 0.15) is 5.56 Å². The third-order valence-electron chi connectivity index (χ3n) is 4.66. The molecule has 0 aliphatic carbocycles. The van der Waals surface area contributed by atoms with E-state index in [4.69, 9.17) is 9.47 Å². The molecule has 1 fully saturated rings. The van der Waals surface area contributed by atoms with Crippen molar-refractivity contribution in [1.82, 2.24) is 20.0 Å². The SMILES string of the molecule is CN=C(NCc1cccc(OC)c1OC)N1CCN(c2cnn(C)c2)C(=O)C1. The number of guanidine groups is 1. The number of benzene rings is 1. The highest BCUT2D eigenvalue weighted by Gasteiger charge is 2.27. The van der Waals surface area contributed by atoms with Crippen molar-refractivity contribution >= 4 is 17.6 Å². The summed E-state index contributed by atoms with van der Waals surface area (Å²) in [4.78, 5) is 20.7. The van der Waals surface area contributed by atoms with Crippen molar-refractivity contribution < 1.29 is 14.3 Å². The smallest absolute Gasteiger partial charge is 0.246 e. The molecule has 0 bridgehead atoms. The number of carbonyl (C=O) groups is 1. The van der Waals surface area contributed by atoms with Crippen LogP contribution in [0.15, 0.2) is 35.6 Å². The average molecular weight is 386 g/mol. The predicted molar refractivity (Wildman–Crippen MR) is 107 cm³/mol. The lowest BCUT2D eigenvalue weighted by Gasteiger charge is -2.35. The van der Waals surface area contributed by atoms with Crippen molar-refractivity contribution in [2.24, 2.45) is 12.0 Å². The van der Waals surface area contributed by atoms with E-state index in [0.717, 1.165) is 11.3 Å². The van der Waals surface area contributed by atoms with Gasteiger partial charge in [0.15, 0.2) is 17.5 Å². The van der Waals surface area contributed by atoms with Crippen molar-refractivity contribution in [3.05, 3.63) is 36.2 Å². The van der Waals surface area contributed by atoms with Gasteiger partial charge in [-0.3, -0.25) is 14.5 Å². The van der Waals surface area contributed by atoms with Gasteiger partial charge in [0.25, 0.3) is 0 Å². The molecule has 3 rings (SSSR count). The monoisotopic (exact) mass is 386 g/mol. The van der Waals surface area contributed by atoms with E-state index in [9.17, 15) is 4.79 Å². The molecule has 0 unspecified atom stereocenters. The molecule has 2 heterocycles. The zero-order chi connectivity index (χ0) is 20.1. The van der Waals surface area contributed by atoms with Crippen LogP contribution in [0.3, 0.4) is 0 Å². The molecule has 150 valence electrons. The minimum absolute atomic E-state index is 0.0150. The second-order valence-electron chi connectivity index (χ2n) is 6.39. The molecule has 9 nitrogen and oxygen atoms in total. The molecular formula is C19H26N6O3. The van der Waals surface area contributed by atoms with Gasteiger partial charge in [-0.25, -0.2) is 0 Å². The second-order valence-corrected chi connectivity index (χ2v) is 6.39. The summed E-state index contributed by atoms with van der Waals surface area (Å²) in [5, 5.41) is 7.45. The first kappa shape index (κ1) is 19.5. The molecule has 1 aromatic carbocycles. The second kappa shape index (κ2) is 8.64. The van der Waals surface area contributed by atoms with Crippen molar-refractivity contribution in [1.29, 1.82) is 0 Å². The van der Waals surface area contributed by atoms with Crippen LogP contribution in [0.4, 0.5) is 5.69 Å². The number of nitrogens with zero attached hydrogens (tertiary/aromatic N) is 5. The molecule has 9 heteroatoms. The van der Waals surface area contributed by atoms with Gasteiger partial charge in [-0.1, -0.05) is 12.1 Å². The van der Waals surface area contributed by atoms with Crippen LogP contribution in [-0.2, 0) is 18.4 Å². The maximum absolute atomic E-state index is 12.6. The molecule has 0 atom stereocenters. The fourth-order valence-electron chi connectivity index (χ4n) is 3.27. The maximum atomic E-state index is 12.6. The van der Waals surface area contributed by atoms with E-state index in [1.54, 1.807) is 37.0 Å². The Morgan fingerprint density at radius 1 is 1.29 bits per heavy atom. The normalized spacial score (nSPS) is 15.0. The number of ether oxygens (including phenoxy) is 2. The van der Waals surface area contributed by atoms with Gasteiger partial charge in [0.05, 0.1) is 26.1 Å². The number of rotatable bonds is 5. The summed E-state index contributed by atoms with van der Waals surface area (Å²) in [6, 6.07) is 5.73. The van der Waals surface area contributed by atoms with E-state index in [-0.39, 0.29) is 12.5 Å². The summed E-state index contributed by atoms with van der Waals surface area (Å²) in [7, 11) is 6.78. The molecule has 2 aromatic rings. The quantitative estimate of drug-likeness (QED) is 0.606. The number of nitrogens with one attached hydrogen (secondary N) is 1. The van der Waals surface area contributed by atoms with Crippen LogP contribution in [0.5, 0.6) is 11.5 Å². The van der Waals surface area contributed by atoms with E-state index in [2.05, 4.69) is 15.4 Å². The number of para-hydroxylation sites is 1. The third kappa shape index (κ3) is 4.03. The lowest BCUT2D eigenvalue weighted by Crippen LogP contribution is -2.55. The number of hydrogen-bond acceptors (Lipinski definition) is 5. The van der Waals surface area contributed by atoms with Crippen molar-refractivity contribution in [2.75, 3.05) is 45.8 Å². The Morgan fingerprint density at radius 3 is 2.71 bits per heavy atom. The first-order valence-electron chi connectivity index (χ1n) is 9.01. The fraction of sp³-hybridized carbons (Fsp3) is 0.421. The minimum atomic E-state index is 0.0150. The molecule has 0 spiro atoms. The van der Waals surface area contributed by atoms with Crippen LogP contribution in [0, 0.1) is 0 Å². The lowest BCUT2D eigenvalue weighted by atomic mass is 10.2. The number of aliphatic imine (C=N–C) groups is 1. The van der Waals surface area contributed by atoms with Gasteiger partial charge in [0, 0.05) is 45.5 Å². The highest BCUT2D eigenvalue weighted by Crippen LogP contribution is 2.30. The van der Waals surface area contributed by atoms with Gasteiger partial charge in [-0.15, -0.1) is 0 Å². The highest BCUT2D eigenvalue weighted by atomic mass is 16.5. The topological polar surface area (TPSA) is 84.2 Å². The third-order valence-corrected chi connectivity index (χ3v) is 4.66. The number of methoxy groups -OCH3 is 2. The molecule has 1 saturated heterocycles. The first-order chi connectivity index (χ1) is 13.6. The summed E-state index contributed by atoms with van der Waals surface area (Å²) in [5.74, 6) is 2.05.